The molecular formula is C14H18N4O. The number of aliphatic hydroxyl groups excluding tert-OH is 1. The summed E-state index contributed by atoms with van der Waals surface area (Å²) >= 11 is 0. The second kappa shape index (κ2) is 5.48. The van der Waals surface area contributed by atoms with Crippen LogP contribution in [0.1, 0.15) is 49.1 Å². The highest BCUT2D eigenvalue weighted by molar-refractivity contribution is 5.11. The Bertz CT molecular complexity index is 519. The Morgan fingerprint density at radius 3 is 2.74 bits per heavy atom. The van der Waals surface area contributed by atoms with Gasteiger partial charge in [-0.25, -0.2) is 9.97 Å². The van der Waals surface area contributed by atoms with Crippen LogP contribution in [-0.2, 0) is 6.42 Å². The Morgan fingerprint density at radius 1 is 1.26 bits per heavy atom. The first-order chi connectivity index (χ1) is 9.33. The molecule has 1 N–H and O–H groups in total. The molecule has 0 aliphatic heterocycles. The van der Waals surface area contributed by atoms with Gasteiger partial charge in [0.05, 0.1) is 17.8 Å². The van der Waals surface area contributed by atoms with E-state index in [0.29, 0.717) is 12.5 Å². The van der Waals surface area contributed by atoms with E-state index in [0.717, 1.165) is 11.3 Å². The van der Waals surface area contributed by atoms with Gasteiger partial charge in [0.15, 0.2) is 0 Å². The fraction of sp³-hybridized carbons (Fsp3) is 0.500. The van der Waals surface area contributed by atoms with Crippen molar-refractivity contribution in [1.82, 2.24) is 19.7 Å². The highest BCUT2D eigenvalue weighted by atomic mass is 16.3. The monoisotopic (exact) mass is 258 g/mol. The van der Waals surface area contributed by atoms with Crippen LogP contribution in [0.2, 0.25) is 0 Å². The number of rotatable bonds is 4. The first kappa shape index (κ1) is 12.3. The minimum absolute atomic E-state index is 0.507. The van der Waals surface area contributed by atoms with Gasteiger partial charge in [-0.15, -0.1) is 0 Å². The number of aliphatic hydroxyl groups is 1. The first-order valence-electron chi connectivity index (χ1n) is 6.80. The van der Waals surface area contributed by atoms with Crippen molar-refractivity contribution in [3.8, 4) is 0 Å². The molecule has 19 heavy (non-hydrogen) atoms. The normalized spacial score (nSPS) is 17.7. The van der Waals surface area contributed by atoms with E-state index in [2.05, 4.69) is 19.7 Å². The molecule has 2 aromatic rings. The summed E-state index contributed by atoms with van der Waals surface area (Å²) in [6, 6.07) is 2.54. The smallest absolute Gasteiger partial charge is 0.115 e. The van der Waals surface area contributed by atoms with E-state index in [1.807, 2.05) is 12.3 Å². The lowest BCUT2D eigenvalue weighted by atomic mass is 10.1. The summed E-state index contributed by atoms with van der Waals surface area (Å²) in [5.74, 6) is 0. The number of hydrogen-bond donors (Lipinski definition) is 1. The molecule has 1 unspecified atom stereocenters. The van der Waals surface area contributed by atoms with Crippen molar-refractivity contribution in [3.05, 3.63) is 42.2 Å². The molecular weight excluding hydrogens is 240 g/mol. The van der Waals surface area contributed by atoms with Gasteiger partial charge in [0, 0.05) is 30.6 Å². The van der Waals surface area contributed by atoms with Gasteiger partial charge in [-0.2, -0.15) is 5.10 Å². The largest absolute Gasteiger partial charge is 0.388 e. The van der Waals surface area contributed by atoms with E-state index >= 15 is 0 Å². The van der Waals surface area contributed by atoms with Crippen LogP contribution < -0.4 is 0 Å². The number of hydrogen-bond acceptors (Lipinski definition) is 4. The zero-order chi connectivity index (χ0) is 13.1. The fourth-order valence-electron chi connectivity index (χ4n) is 2.66. The molecule has 0 spiro atoms. The van der Waals surface area contributed by atoms with E-state index in [-0.39, 0.29) is 0 Å². The van der Waals surface area contributed by atoms with E-state index in [1.54, 1.807) is 12.4 Å². The number of nitrogens with zero attached hydrogens (tertiary/aromatic N) is 4. The van der Waals surface area contributed by atoms with Gasteiger partial charge in [0.2, 0.25) is 0 Å². The molecule has 1 saturated carbocycles. The molecule has 1 fully saturated rings. The van der Waals surface area contributed by atoms with Gasteiger partial charge >= 0.3 is 0 Å². The van der Waals surface area contributed by atoms with Crippen molar-refractivity contribution in [2.75, 3.05) is 0 Å². The quantitative estimate of drug-likeness (QED) is 0.911. The Hall–Kier alpha value is -1.75. The van der Waals surface area contributed by atoms with Crippen LogP contribution in [0.5, 0.6) is 0 Å². The van der Waals surface area contributed by atoms with Gasteiger partial charge in [0.25, 0.3) is 0 Å². The average molecular weight is 258 g/mol. The van der Waals surface area contributed by atoms with Gasteiger partial charge in [-0.1, -0.05) is 12.8 Å². The maximum Gasteiger partial charge on any atom is 0.115 e. The van der Waals surface area contributed by atoms with Crippen LogP contribution in [0, 0.1) is 0 Å². The average Bonchev–Trinajstić information content (AvgIpc) is 3.10. The van der Waals surface area contributed by atoms with Gasteiger partial charge in [0.1, 0.15) is 6.33 Å². The molecule has 1 atom stereocenters. The second-order valence-electron chi connectivity index (χ2n) is 5.12. The molecule has 2 heterocycles. The third-order valence-electron chi connectivity index (χ3n) is 3.73. The fourth-order valence-corrected chi connectivity index (χ4v) is 2.66. The Balaban J connectivity index is 1.66. The molecule has 5 nitrogen and oxygen atoms in total. The maximum absolute atomic E-state index is 10.1. The maximum atomic E-state index is 10.1. The van der Waals surface area contributed by atoms with Crippen molar-refractivity contribution in [2.24, 2.45) is 0 Å². The molecule has 1 aliphatic rings. The molecule has 100 valence electrons. The molecule has 0 amide bonds. The summed E-state index contributed by atoms with van der Waals surface area (Å²) in [4.78, 5) is 7.84. The zero-order valence-corrected chi connectivity index (χ0v) is 10.8. The van der Waals surface area contributed by atoms with Crippen LogP contribution in [0.3, 0.4) is 0 Å². The highest BCUT2D eigenvalue weighted by Crippen LogP contribution is 2.29. The van der Waals surface area contributed by atoms with Gasteiger partial charge in [-0.05, 0) is 18.9 Å². The summed E-state index contributed by atoms with van der Waals surface area (Å²) in [5, 5.41) is 14.7. The Morgan fingerprint density at radius 2 is 2.00 bits per heavy atom. The van der Waals surface area contributed by atoms with Crippen molar-refractivity contribution in [1.29, 1.82) is 0 Å². The van der Waals surface area contributed by atoms with Crippen LogP contribution in [0.4, 0.5) is 0 Å². The lowest BCUT2D eigenvalue weighted by Crippen LogP contribution is -2.07. The van der Waals surface area contributed by atoms with Crippen LogP contribution >= 0.6 is 0 Å². The van der Waals surface area contributed by atoms with E-state index < -0.39 is 6.10 Å². The molecule has 0 saturated heterocycles. The molecule has 5 heteroatoms. The molecule has 0 bridgehead atoms. The summed E-state index contributed by atoms with van der Waals surface area (Å²) < 4.78 is 2.05. The standard InChI is InChI=1S/C14H18N4O/c19-14(11-8-15-10-16-9-11)7-12-5-6-18(17-12)13-3-1-2-4-13/h5-6,8-10,13-14,19H,1-4,7H2. The molecule has 2 aromatic heterocycles. The third-order valence-corrected chi connectivity index (χ3v) is 3.73. The summed E-state index contributed by atoms with van der Waals surface area (Å²) in [6.07, 6.45) is 11.7. The van der Waals surface area contributed by atoms with Crippen LogP contribution in [0.25, 0.3) is 0 Å². The topological polar surface area (TPSA) is 63.8 Å². The van der Waals surface area contributed by atoms with Gasteiger partial charge < -0.3 is 5.11 Å². The second-order valence-corrected chi connectivity index (χ2v) is 5.12. The molecule has 1 aliphatic carbocycles. The Labute approximate surface area is 112 Å². The third kappa shape index (κ3) is 2.81. The summed E-state index contributed by atoms with van der Waals surface area (Å²) in [6.45, 7) is 0. The van der Waals surface area contributed by atoms with Crippen molar-refractivity contribution in [2.45, 2.75) is 44.2 Å². The lowest BCUT2D eigenvalue weighted by Gasteiger charge is -2.10. The first-order valence-corrected chi connectivity index (χ1v) is 6.80. The predicted molar refractivity (Wildman–Crippen MR) is 70.4 cm³/mol. The molecule has 0 radical (unpaired) electrons. The Kier molecular flexibility index (Phi) is 3.55. The van der Waals surface area contributed by atoms with Crippen molar-refractivity contribution >= 4 is 0 Å². The lowest BCUT2D eigenvalue weighted by molar-refractivity contribution is 0.176. The van der Waals surface area contributed by atoms with Crippen LogP contribution in [0.15, 0.2) is 31.0 Å². The molecule has 0 aromatic carbocycles. The predicted octanol–water partition coefficient (Wildman–Crippen LogP) is 2.06. The summed E-state index contributed by atoms with van der Waals surface area (Å²) in [5.41, 5.74) is 1.65. The number of aromatic nitrogens is 4. The molecule has 3 rings (SSSR count). The minimum atomic E-state index is -0.590. The van der Waals surface area contributed by atoms with E-state index in [9.17, 15) is 5.11 Å². The summed E-state index contributed by atoms with van der Waals surface area (Å²) in [7, 11) is 0. The van der Waals surface area contributed by atoms with E-state index in [4.69, 9.17) is 0 Å². The van der Waals surface area contributed by atoms with Crippen molar-refractivity contribution in [3.63, 3.8) is 0 Å². The van der Waals surface area contributed by atoms with Crippen molar-refractivity contribution < 1.29 is 5.11 Å². The van der Waals surface area contributed by atoms with Gasteiger partial charge in [-0.3, -0.25) is 4.68 Å². The zero-order valence-electron chi connectivity index (χ0n) is 10.8. The highest BCUT2D eigenvalue weighted by Gasteiger charge is 2.18. The SMILES string of the molecule is OC(Cc1ccn(C2CCCC2)n1)c1cncnc1. The van der Waals surface area contributed by atoms with Crippen LogP contribution in [-0.4, -0.2) is 24.9 Å². The minimum Gasteiger partial charge on any atom is -0.388 e. The van der Waals surface area contributed by atoms with E-state index in [1.165, 1.54) is 32.0 Å².